The Hall–Kier alpha value is -4.57. The third-order valence-corrected chi connectivity index (χ3v) is 14.7. The van der Waals surface area contributed by atoms with Crippen molar-refractivity contribution in [1.29, 1.82) is 0 Å². The van der Waals surface area contributed by atoms with Gasteiger partial charge in [0, 0.05) is 44.4 Å². The van der Waals surface area contributed by atoms with Crippen LogP contribution in [0, 0.1) is 17.2 Å². The average Bonchev–Trinajstić information content (AvgIpc) is 3.65. The van der Waals surface area contributed by atoms with Crippen molar-refractivity contribution < 1.29 is 4.39 Å². The summed E-state index contributed by atoms with van der Waals surface area (Å²) in [4.78, 5) is 0. The highest BCUT2D eigenvalue weighted by atomic mass is 19.1. The molecule has 0 radical (unpaired) electrons. The first-order valence-electron chi connectivity index (χ1n) is 21.7. The SMILES string of the molecule is CC1c2c3n(c4ccc(C(C)(C)C)cc24)C2(C)C=C(c4ccc(F)cc4)C=C4C2B(C3=CC1C(C)(C)C)c1cc(C(C)(C)C)cc2c3cc(C(C)(C)C)ccc3n4c12. The van der Waals surface area contributed by atoms with Crippen molar-refractivity contribution in [2.75, 3.05) is 0 Å². The van der Waals surface area contributed by atoms with Gasteiger partial charge in [0.2, 0.25) is 6.71 Å². The van der Waals surface area contributed by atoms with Gasteiger partial charge in [-0.25, -0.2) is 4.39 Å². The van der Waals surface area contributed by atoms with Crippen LogP contribution >= 0.6 is 0 Å². The molecule has 10 rings (SSSR count). The van der Waals surface area contributed by atoms with Gasteiger partial charge in [-0.2, -0.15) is 0 Å². The number of nitrogens with zero attached hydrogens (tertiary/aromatic N) is 2. The van der Waals surface area contributed by atoms with Gasteiger partial charge in [0.25, 0.3) is 0 Å². The minimum Gasteiger partial charge on any atom is -0.332 e. The molecule has 0 spiro atoms. The van der Waals surface area contributed by atoms with Gasteiger partial charge in [0.05, 0.1) is 11.1 Å². The van der Waals surface area contributed by atoms with Crippen LogP contribution in [0.2, 0.25) is 5.82 Å². The van der Waals surface area contributed by atoms with Crippen molar-refractivity contribution in [3.63, 3.8) is 0 Å². The summed E-state index contributed by atoms with van der Waals surface area (Å²) in [6.07, 6.45) is 7.75. The van der Waals surface area contributed by atoms with E-state index in [9.17, 15) is 4.39 Å². The van der Waals surface area contributed by atoms with Crippen molar-refractivity contribution in [2.45, 2.75) is 130 Å². The van der Waals surface area contributed by atoms with E-state index < -0.39 is 5.54 Å². The summed E-state index contributed by atoms with van der Waals surface area (Å²) in [7, 11) is 0. The highest BCUT2D eigenvalue weighted by Gasteiger charge is 2.58. The molecule has 0 saturated carbocycles. The molecule has 0 N–H and O–H groups in total. The minimum atomic E-state index is -0.442. The van der Waals surface area contributed by atoms with E-state index in [0.29, 0.717) is 11.8 Å². The van der Waals surface area contributed by atoms with Gasteiger partial charge >= 0.3 is 0 Å². The maximum absolute atomic E-state index is 14.6. The van der Waals surface area contributed by atoms with Gasteiger partial charge in [-0.1, -0.05) is 138 Å². The van der Waals surface area contributed by atoms with E-state index in [2.05, 4.69) is 173 Å². The van der Waals surface area contributed by atoms with E-state index in [4.69, 9.17) is 0 Å². The predicted octanol–water partition coefficient (Wildman–Crippen LogP) is 13.9. The van der Waals surface area contributed by atoms with E-state index in [0.717, 1.165) is 11.1 Å². The highest BCUT2D eigenvalue weighted by molar-refractivity contribution is 6.94. The molecule has 2 aliphatic carbocycles. The number of benzene rings is 4. The smallest absolute Gasteiger partial charge is 0.226 e. The van der Waals surface area contributed by atoms with Crippen LogP contribution in [0.25, 0.3) is 49.5 Å². The molecule has 0 saturated heterocycles. The highest BCUT2D eigenvalue weighted by Crippen LogP contribution is 2.63. The Balaban J connectivity index is 1.42. The molecule has 0 fully saturated rings. The van der Waals surface area contributed by atoms with Gasteiger partial charge in [0.15, 0.2) is 0 Å². The van der Waals surface area contributed by atoms with Crippen LogP contribution in [0.1, 0.15) is 136 Å². The Labute approximate surface area is 346 Å². The van der Waals surface area contributed by atoms with Crippen LogP contribution in [-0.2, 0) is 21.8 Å². The molecule has 4 aliphatic rings. The number of rotatable bonds is 1. The lowest BCUT2D eigenvalue weighted by Gasteiger charge is -2.54. The molecule has 0 bridgehead atoms. The zero-order valence-electron chi connectivity index (χ0n) is 37.2. The van der Waals surface area contributed by atoms with Crippen LogP contribution in [0.5, 0.6) is 0 Å². The first-order chi connectivity index (χ1) is 27.0. The molecule has 4 unspecified atom stereocenters. The summed E-state index contributed by atoms with van der Waals surface area (Å²) in [5.41, 5.74) is 17.1. The predicted molar refractivity (Wildman–Crippen MR) is 248 cm³/mol. The maximum Gasteiger partial charge on any atom is 0.226 e. The Kier molecular flexibility index (Phi) is 7.53. The fraction of sp³-hybridized carbons (Fsp3) is 0.407. The third kappa shape index (κ3) is 5.08. The molecule has 4 atom stereocenters. The lowest BCUT2D eigenvalue weighted by atomic mass is 9.25. The molecular weight excluding hydrogens is 706 g/mol. The van der Waals surface area contributed by atoms with Crippen molar-refractivity contribution in [1.82, 2.24) is 9.13 Å². The first kappa shape index (κ1) is 37.7. The van der Waals surface area contributed by atoms with Gasteiger partial charge in [0.1, 0.15) is 5.82 Å². The summed E-state index contributed by atoms with van der Waals surface area (Å²) in [6, 6.07) is 26.9. The largest absolute Gasteiger partial charge is 0.332 e. The average molecular weight is 767 g/mol. The number of allylic oxidation sites excluding steroid dienone is 5. The first-order valence-corrected chi connectivity index (χ1v) is 21.7. The van der Waals surface area contributed by atoms with Crippen LogP contribution in [-0.4, -0.2) is 15.8 Å². The Morgan fingerprint density at radius 1 is 0.672 bits per heavy atom. The molecule has 4 heteroatoms. The Bertz CT molecular complexity index is 2860. The second-order valence-electron chi connectivity index (χ2n) is 22.8. The summed E-state index contributed by atoms with van der Waals surface area (Å²) in [6.45, 7) is 33.6. The van der Waals surface area contributed by atoms with Gasteiger partial charge < -0.3 is 9.13 Å². The summed E-state index contributed by atoms with van der Waals surface area (Å²) >= 11 is 0. The van der Waals surface area contributed by atoms with Crippen LogP contribution in [0.15, 0.2) is 91.0 Å². The second kappa shape index (κ2) is 11.6. The molecule has 6 aromatic rings. The summed E-state index contributed by atoms with van der Waals surface area (Å²) in [5, 5.41) is 4.07. The number of hydrogen-bond acceptors (Lipinski definition) is 0. The van der Waals surface area contributed by atoms with Crippen molar-refractivity contribution in [2.24, 2.45) is 11.3 Å². The number of fused-ring (bicyclic) bond motifs is 10. The number of aromatic nitrogens is 2. The lowest BCUT2D eigenvalue weighted by Crippen LogP contribution is -2.57. The molecule has 296 valence electrons. The molecule has 2 aliphatic heterocycles. The third-order valence-electron chi connectivity index (χ3n) is 14.7. The standard InChI is InChI=1S/C54H60BFN2/c1-30-40(53(11,12)13)28-42-48-46(30)39-25-34(51(5,6)7)18-22-44(39)58(48)54(14)29-32(31-15-19-36(56)20-16-31)23-45-49(54)55(42)41-27-35(52(8,9)10)26-38-37-24-33(50(2,3)4)17-21-43(37)57(45)47(38)41/h15-30,40,49H,1-14H3. The number of hydrogen-bond donors (Lipinski definition) is 0. The molecule has 58 heavy (non-hydrogen) atoms. The van der Waals surface area contributed by atoms with E-state index in [1.54, 1.807) is 12.1 Å². The maximum atomic E-state index is 14.6. The van der Waals surface area contributed by atoms with Gasteiger partial charge in [-0.05, 0) is 128 Å². The molecule has 2 nitrogen and oxygen atoms in total. The summed E-state index contributed by atoms with van der Waals surface area (Å²) in [5.74, 6) is 0.602. The number of halogens is 1. The van der Waals surface area contributed by atoms with E-state index in [-0.39, 0.29) is 40.0 Å². The van der Waals surface area contributed by atoms with Crippen LogP contribution in [0.4, 0.5) is 4.39 Å². The van der Waals surface area contributed by atoms with Crippen molar-refractivity contribution >= 4 is 61.6 Å². The molecule has 4 aromatic carbocycles. The zero-order chi connectivity index (χ0) is 41.4. The summed E-state index contributed by atoms with van der Waals surface area (Å²) < 4.78 is 20.0. The van der Waals surface area contributed by atoms with Crippen LogP contribution in [0.3, 0.4) is 0 Å². The molecule has 4 heterocycles. The van der Waals surface area contributed by atoms with E-state index in [1.165, 1.54) is 77.3 Å². The van der Waals surface area contributed by atoms with Gasteiger partial charge in [-0.3, -0.25) is 0 Å². The fourth-order valence-electron chi connectivity index (χ4n) is 11.7. The second-order valence-corrected chi connectivity index (χ2v) is 22.8. The van der Waals surface area contributed by atoms with E-state index in [1.807, 2.05) is 12.1 Å². The monoisotopic (exact) mass is 766 g/mol. The molecule has 0 amide bonds. The molecule has 2 aromatic heterocycles. The Morgan fingerprint density at radius 3 is 1.86 bits per heavy atom. The normalized spacial score (nSPS) is 22.9. The van der Waals surface area contributed by atoms with Crippen LogP contribution < -0.4 is 5.46 Å². The lowest BCUT2D eigenvalue weighted by molar-refractivity contribution is 0.257. The van der Waals surface area contributed by atoms with Crippen molar-refractivity contribution in [3.05, 3.63) is 130 Å². The quantitative estimate of drug-likeness (QED) is 0.148. The topological polar surface area (TPSA) is 9.86 Å². The van der Waals surface area contributed by atoms with E-state index >= 15 is 0 Å². The van der Waals surface area contributed by atoms with Gasteiger partial charge in [-0.15, -0.1) is 0 Å². The fourth-order valence-corrected chi connectivity index (χ4v) is 11.7. The van der Waals surface area contributed by atoms with Crippen molar-refractivity contribution in [3.8, 4) is 0 Å². The zero-order valence-corrected chi connectivity index (χ0v) is 37.2. The minimum absolute atomic E-state index is 0.0157. The Morgan fingerprint density at radius 2 is 1.26 bits per heavy atom. The molecular formula is C54H60BFN2.